The van der Waals surface area contributed by atoms with Crippen molar-refractivity contribution in [3.05, 3.63) is 59.2 Å². The molecule has 0 unspecified atom stereocenters. The molecule has 0 heterocycles. The molecule has 2 aromatic rings. The van der Waals surface area contributed by atoms with Gasteiger partial charge in [-0.15, -0.1) is 0 Å². The maximum atomic E-state index is 13.8. The Morgan fingerprint density at radius 1 is 1.15 bits per heavy atom. The van der Waals surface area contributed by atoms with E-state index in [1.54, 1.807) is 6.07 Å². The number of anilines is 1. The van der Waals surface area contributed by atoms with Gasteiger partial charge in [0.15, 0.2) is 0 Å². The lowest BCUT2D eigenvalue weighted by Gasteiger charge is -2.10. The molecule has 0 atom stereocenters. The van der Waals surface area contributed by atoms with Crippen molar-refractivity contribution in [2.24, 2.45) is 0 Å². The summed E-state index contributed by atoms with van der Waals surface area (Å²) >= 11 is 0. The van der Waals surface area contributed by atoms with Crippen molar-refractivity contribution in [3.63, 3.8) is 0 Å². The molecular weight excluding hydrogens is 264 g/mol. The first-order chi connectivity index (χ1) is 9.52. The number of benzene rings is 2. The van der Waals surface area contributed by atoms with Crippen molar-refractivity contribution < 1.29 is 18.3 Å². The van der Waals surface area contributed by atoms with Gasteiger partial charge in [0.05, 0.1) is 12.7 Å². The highest BCUT2D eigenvalue weighted by Gasteiger charge is 2.14. The third-order valence-electron chi connectivity index (χ3n) is 2.94. The maximum absolute atomic E-state index is 13.8. The molecule has 0 saturated heterocycles. The van der Waals surface area contributed by atoms with Gasteiger partial charge in [0.1, 0.15) is 17.4 Å². The monoisotopic (exact) mass is 277 g/mol. The van der Waals surface area contributed by atoms with Crippen molar-refractivity contribution >= 4 is 11.6 Å². The molecule has 0 aliphatic rings. The van der Waals surface area contributed by atoms with Crippen LogP contribution in [0.2, 0.25) is 0 Å². The highest BCUT2D eigenvalue weighted by atomic mass is 19.1. The number of carbonyl (C=O) groups excluding carboxylic acids is 1. The molecule has 2 rings (SSSR count). The molecule has 20 heavy (non-hydrogen) atoms. The number of carbonyl (C=O) groups is 1. The summed E-state index contributed by atoms with van der Waals surface area (Å²) in [6, 6.07) is 8.24. The number of nitrogens with one attached hydrogen (secondary N) is 1. The van der Waals surface area contributed by atoms with Crippen LogP contribution in [0.25, 0.3) is 0 Å². The molecule has 1 amide bonds. The molecule has 104 valence electrons. The Balaban J connectivity index is 2.26. The van der Waals surface area contributed by atoms with Crippen LogP contribution in [-0.4, -0.2) is 13.0 Å². The zero-order chi connectivity index (χ0) is 14.7. The van der Waals surface area contributed by atoms with Crippen LogP contribution in [0, 0.1) is 18.6 Å². The zero-order valence-electron chi connectivity index (χ0n) is 11.0. The Labute approximate surface area is 115 Å². The first-order valence-electron chi connectivity index (χ1n) is 5.93. The second kappa shape index (κ2) is 5.69. The van der Waals surface area contributed by atoms with Gasteiger partial charge in [0.2, 0.25) is 0 Å². The Hall–Kier alpha value is -2.43. The summed E-state index contributed by atoms with van der Waals surface area (Å²) in [5, 5.41) is 2.49. The van der Waals surface area contributed by atoms with E-state index in [1.807, 2.05) is 0 Å². The van der Waals surface area contributed by atoms with Crippen molar-refractivity contribution in [3.8, 4) is 5.75 Å². The summed E-state index contributed by atoms with van der Waals surface area (Å²) < 4.78 is 32.0. The minimum Gasteiger partial charge on any atom is -0.497 e. The molecule has 0 aliphatic carbocycles. The van der Waals surface area contributed by atoms with Gasteiger partial charge in [-0.05, 0) is 31.2 Å². The van der Waals surface area contributed by atoms with Crippen LogP contribution in [0.15, 0.2) is 36.4 Å². The third kappa shape index (κ3) is 2.77. The van der Waals surface area contributed by atoms with Crippen LogP contribution in [0.5, 0.6) is 5.75 Å². The van der Waals surface area contributed by atoms with Gasteiger partial charge in [-0.3, -0.25) is 4.79 Å². The number of hydrogen-bond acceptors (Lipinski definition) is 2. The van der Waals surface area contributed by atoms with E-state index in [0.717, 1.165) is 6.07 Å². The first-order valence-corrected chi connectivity index (χ1v) is 5.93. The summed E-state index contributed by atoms with van der Waals surface area (Å²) in [6.45, 7) is 1.54. The van der Waals surface area contributed by atoms with E-state index in [9.17, 15) is 13.6 Å². The summed E-state index contributed by atoms with van der Waals surface area (Å²) in [6.07, 6.45) is 0. The molecule has 0 aromatic heterocycles. The van der Waals surface area contributed by atoms with Crippen LogP contribution >= 0.6 is 0 Å². The van der Waals surface area contributed by atoms with E-state index in [2.05, 4.69) is 5.32 Å². The highest BCUT2D eigenvalue weighted by molar-refractivity contribution is 6.04. The minimum atomic E-state index is -0.698. The molecule has 0 spiro atoms. The maximum Gasteiger partial charge on any atom is 0.258 e. The molecule has 0 saturated carbocycles. The number of methoxy groups -OCH3 is 1. The van der Waals surface area contributed by atoms with E-state index in [0.29, 0.717) is 17.0 Å². The predicted molar refractivity (Wildman–Crippen MR) is 72.0 cm³/mol. The SMILES string of the molecule is COc1ccc(C(=O)Nc2cccc(F)c2C)c(F)c1. The standard InChI is InChI=1S/C15H13F2NO2/c1-9-12(16)4-3-5-14(9)18-15(19)11-7-6-10(20-2)8-13(11)17/h3-8H,1-2H3,(H,18,19). The summed E-state index contributed by atoms with van der Waals surface area (Å²) in [5.41, 5.74) is 0.481. The number of rotatable bonds is 3. The van der Waals surface area contributed by atoms with Gasteiger partial charge in [-0.2, -0.15) is 0 Å². The van der Waals surface area contributed by atoms with E-state index in [4.69, 9.17) is 4.74 Å². The molecule has 1 N–H and O–H groups in total. The van der Waals surface area contributed by atoms with Crippen LogP contribution in [0.3, 0.4) is 0 Å². The Morgan fingerprint density at radius 3 is 2.55 bits per heavy atom. The molecule has 2 aromatic carbocycles. The fourth-order valence-corrected chi connectivity index (χ4v) is 1.74. The van der Waals surface area contributed by atoms with Crippen molar-refractivity contribution in [1.29, 1.82) is 0 Å². The number of amides is 1. The number of halogens is 2. The van der Waals surface area contributed by atoms with E-state index < -0.39 is 17.5 Å². The second-order valence-corrected chi connectivity index (χ2v) is 4.21. The van der Waals surface area contributed by atoms with Gasteiger partial charge in [0, 0.05) is 17.3 Å². The average molecular weight is 277 g/mol. The van der Waals surface area contributed by atoms with Gasteiger partial charge in [-0.25, -0.2) is 8.78 Å². The van der Waals surface area contributed by atoms with Crippen LogP contribution in [0.1, 0.15) is 15.9 Å². The van der Waals surface area contributed by atoms with E-state index in [1.165, 1.54) is 38.3 Å². The predicted octanol–water partition coefficient (Wildman–Crippen LogP) is 3.53. The Kier molecular flexibility index (Phi) is 3.98. The summed E-state index contributed by atoms with van der Waals surface area (Å²) in [4.78, 5) is 12.0. The van der Waals surface area contributed by atoms with Gasteiger partial charge in [0.25, 0.3) is 5.91 Å². The topological polar surface area (TPSA) is 38.3 Å². The molecule has 0 fully saturated rings. The first kappa shape index (κ1) is 14.0. The van der Waals surface area contributed by atoms with E-state index >= 15 is 0 Å². The van der Waals surface area contributed by atoms with Gasteiger partial charge in [-0.1, -0.05) is 6.07 Å². The zero-order valence-corrected chi connectivity index (χ0v) is 11.0. The minimum absolute atomic E-state index is 0.130. The molecule has 0 radical (unpaired) electrons. The van der Waals surface area contributed by atoms with Crippen molar-refractivity contribution in [2.75, 3.05) is 12.4 Å². The summed E-state index contributed by atoms with van der Waals surface area (Å²) in [7, 11) is 1.41. The normalized spacial score (nSPS) is 10.2. The number of hydrogen-bond donors (Lipinski definition) is 1. The molecule has 0 aliphatic heterocycles. The number of ether oxygens (including phenoxy) is 1. The fraction of sp³-hybridized carbons (Fsp3) is 0.133. The average Bonchev–Trinajstić information content (AvgIpc) is 2.43. The lowest BCUT2D eigenvalue weighted by Crippen LogP contribution is -2.14. The van der Waals surface area contributed by atoms with Crippen LogP contribution < -0.4 is 10.1 Å². The molecule has 5 heteroatoms. The quantitative estimate of drug-likeness (QED) is 0.932. The Bertz CT molecular complexity index is 656. The summed E-state index contributed by atoms with van der Waals surface area (Å²) in [5.74, 6) is -1.45. The van der Waals surface area contributed by atoms with Gasteiger partial charge < -0.3 is 10.1 Å². The smallest absolute Gasteiger partial charge is 0.258 e. The van der Waals surface area contributed by atoms with Crippen LogP contribution in [-0.2, 0) is 0 Å². The lowest BCUT2D eigenvalue weighted by atomic mass is 10.1. The molecule has 0 bridgehead atoms. The third-order valence-corrected chi connectivity index (χ3v) is 2.94. The van der Waals surface area contributed by atoms with E-state index in [-0.39, 0.29) is 5.56 Å². The van der Waals surface area contributed by atoms with Crippen LogP contribution in [0.4, 0.5) is 14.5 Å². The van der Waals surface area contributed by atoms with Gasteiger partial charge >= 0.3 is 0 Å². The Morgan fingerprint density at radius 2 is 1.90 bits per heavy atom. The van der Waals surface area contributed by atoms with Crippen molar-refractivity contribution in [2.45, 2.75) is 6.92 Å². The van der Waals surface area contributed by atoms with Crippen molar-refractivity contribution in [1.82, 2.24) is 0 Å². The highest BCUT2D eigenvalue weighted by Crippen LogP contribution is 2.20. The molecule has 3 nitrogen and oxygen atoms in total. The largest absolute Gasteiger partial charge is 0.497 e. The lowest BCUT2D eigenvalue weighted by molar-refractivity contribution is 0.102. The second-order valence-electron chi connectivity index (χ2n) is 4.21. The molecular formula is C15H13F2NO2. The fourth-order valence-electron chi connectivity index (χ4n) is 1.74.